The summed E-state index contributed by atoms with van der Waals surface area (Å²) in [5.74, 6) is 0.157. The summed E-state index contributed by atoms with van der Waals surface area (Å²) in [4.78, 5) is 23.8. The Morgan fingerprint density at radius 3 is 2.19 bits per heavy atom. The second-order valence-electron chi connectivity index (χ2n) is 5.08. The van der Waals surface area contributed by atoms with Gasteiger partial charge >= 0.3 is 0 Å². The van der Waals surface area contributed by atoms with E-state index in [0.29, 0.717) is 21.5 Å². The van der Waals surface area contributed by atoms with Crippen LogP contribution < -0.4 is 25.6 Å². The Morgan fingerprint density at radius 1 is 1.00 bits per heavy atom. The topological polar surface area (TPSA) is 88.7 Å². The second kappa shape index (κ2) is 9.96. The first-order chi connectivity index (χ1) is 12.9. The summed E-state index contributed by atoms with van der Waals surface area (Å²) in [6.07, 6.45) is 0. The van der Waals surface area contributed by atoms with Crippen molar-refractivity contribution in [3.8, 4) is 11.5 Å². The fourth-order valence-corrected chi connectivity index (χ4v) is 2.54. The molecule has 0 fully saturated rings. The Labute approximate surface area is 170 Å². The van der Waals surface area contributed by atoms with Crippen LogP contribution in [0.2, 0.25) is 10.0 Å². The van der Waals surface area contributed by atoms with Crippen LogP contribution in [0.4, 0.5) is 0 Å². The van der Waals surface area contributed by atoms with Crippen molar-refractivity contribution in [1.82, 2.24) is 16.2 Å². The monoisotopic (exact) mass is 427 g/mol. The fourth-order valence-electron chi connectivity index (χ4n) is 1.87. The number of nitrogens with one attached hydrogen (secondary N) is 3. The van der Waals surface area contributed by atoms with Gasteiger partial charge in [-0.1, -0.05) is 23.2 Å². The zero-order valence-electron chi connectivity index (χ0n) is 14.0. The van der Waals surface area contributed by atoms with Crippen LogP contribution in [0.25, 0.3) is 0 Å². The summed E-state index contributed by atoms with van der Waals surface area (Å²) in [7, 11) is 1.55. The summed E-state index contributed by atoms with van der Waals surface area (Å²) >= 11 is 16.6. The highest BCUT2D eigenvalue weighted by Gasteiger charge is 2.10. The van der Waals surface area contributed by atoms with Gasteiger partial charge in [-0.25, -0.2) is 0 Å². The average Bonchev–Trinajstić information content (AvgIpc) is 2.64. The molecule has 0 heterocycles. The van der Waals surface area contributed by atoms with Gasteiger partial charge in [-0.15, -0.1) is 0 Å². The van der Waals surface area contributed by atoms with Crippen molar-refractivity contribution in [2.75, 3.05) is 13.7 Å². The Bertz CT molecular complexity index is 826. The molecule has 7 nitrogen and oxygen atoms in total. The van der Waals surface area contributed by atoms with Crippen molar-refractivity contribution in [3.63, 3.8) is 0 Å². The Morgan fingerprint density at radius 2 is 1.59 bits per heavy atom. The van der Waals surface area contributed by atoms with E-state index in [0.717, 1.165) is 0 Å². The third kappa shape index (κ3) is 6.93. The van der Waals surface area contributed by atoms with E-state index in [1.54, 1.807) is 31.4 Å². The number of thiocarbonyl (C=S) groups is 1. The summed E-state index contributed by atoms with van der Waals surface area (Å²) in [6.45, 7) is -0.250. The maximum absolute atomic E-state index is 12.1. The van der Waals surface area contributed by atoms with Gasteiger partial charge in [-0.2, -0.15) is 0 Å². The number of rotatable bonds is 5. The molecule has 2 aromatic carbocycles. The van der Waals surface area contributed by atoms with E-state index >= 15 is 0 Å². The predicted octanol–water partition coefficient (Wildman–Crippen LogP) is 2.72. The Kier molecular flexibility index (Phi) is 7.66. The van der Waals surface area contributed by atoms with E-state index in [2.05, 4.69) is 16.2 Å². The maximum Gasteiger partial charge on any atom is 0.276 e. The van der Waals surface area contributed by atoms with Crippen molar-refractivity contribution in [3.05, 3.63) is 58.1 Å². The van der Waals surface area contributed by atoms with Gasteiger partial charge in [0.2, 0.25) is 0 Å². The number of hydrazine groups is 1. The molecule has 3 N–H and O–H groups in total. The van der Waals surface area contributed by atoms with Gasteiger partial charge in [-0.05, 0) is 54.7 Å². The Balaban J connectivity index is 1.75. The molecule has 0 unspecified atom stereocenters. The molecule has 2 aromatic rings. The Hall–Kier alpha value is -2.55. The molecule has 0 aliphatic heterocycles. The van der Waals surface area contributed by atoms with E-state index in [9.17, 15) is 9.59 Å². The highest BCUT2D eigenvalue weighted by atomic mass is 35.5. The summed E-state index contributed by atoms with van der Waals surface area (Å²) in [6, 6.07) is 11.1. The van der Waals surface area contributed by atoms with Gasteiger partial charge < -0.3 is 9.47 Å². The summed E-state index contributed by atoms with van der Waals surface area (Å²) < 4.78 is 10.3. The number of halogens is 2. The molecule has 2 rings (SSSR count). The van der Waals surface area contributed by atoms with Crippen LogP contribution in [-0.4, -0.2) is 30.6 Å². The molecule has 27 heavy (non-hydrogen) atoms. The van der Waals surface area contributed by atoms with Crippen LogP contribution in [0, 0.1) is 0 Å². The van der Waals surface area contributed by atoms with Crippen LogP contribution in [0.3, 0.4) is 0 Å². The van der Waals surface area contributed by atoms with Gasteiger partial charge in [0, 0.05) is 15.6 Å². The third-order valence-electron chi connectivity index (χ3n) is 3.10. The predicted molar refractivity (Wildman–Crippen MR) is 106 cm³/mol. The van der Waals surface area contributed by atoms with E-state index in [1.165, 1.54) is 18.2 Å². The molecule has 0 saturated carbocycles. The normalized spacial score (nSPS) is 9.89. The lowest BCUT2D eigenvalue weighted by molar-refractivity contribution is -0.123. The van der Waals surface area contributed by atoms with E-state index < -0.39 is 11.8 Å². The minimum absolute atomic E-state index is 0.103. The largest absolute Gasteiger partial charge is 0.497 e. The molecule has 0 bridgehead atoms. The molecule has 0 saturated heterocycles. The molecule has 10 heteroatoms. The number of benzene rings is 2. The van der Waals surface area contributed by atoms with Crippen LogP contribution in [-0.2, 0) is 4.79 Å². The molecular weight excluding hydrogens is 413 g/mol. The van der Waals surface area contributed by atoms with Crippen LogP contribution in [0.1, 0.15) is 10.4 Å². The van der Waals surface area contributed by atoms with E-state index in [1.807, 2.05) is 0 Å². The van der Waals surface area contributed by atoms with Gasteiger partial charge in [0.1, 0.15) is 11.5 Å². The number of hydrogen-bond donors (Lipinski definition) is 3. The molecule has 0 spiro atoms. The number of carbonyl (C=O) groups excluding carboxylic acids is 2. The smallest absolute Gasteiger partial charge is 0.276 e. The lowest BCUT2D eigenvalue weighted by atomic mass is 10.2. The third-order valence-corrected chi connectivity index (χ3v) is 3.74. The van der Waals surface area contributed by atoms with Crippen molar-refractivity contribution in [1.29, 1.82) is 0 Å². The quantitative estimate of drug-likeness (QED) is 0.502. The van der Waals surface area contributed by atoms with Crippen LogP contribution in [0.15, 0.2) is 42.5 Å². The molecule has 2 amide bonds. The van der Waals surface area contributed by atoms with Gasteiger partial charge in [0.25, 0.3) is 11.8 Å². The van der Waals surface area contributed by atoms with Crippen LogP contribution in [0.5, 0.6) is 11.5 Å². The summed E-state index contributed by atoms with van der Waals surface area (Å²) in [5, 5.41) is 2.91. The maximum atomic E-state index is 12.1. The zero-order valence-corrected chi connectivity index (χ0v) is 16.4. The average molecular weight is 428 g/mol. The van der Waals surface area contributed by atoms with Crippen LogP contribution >= 0.6 is 35.4 Å². The van der Waals surface area contributed by atoms with E-state index in [-0.39, 0.29) is 17.3 Å². The van der Waals surface area contributed by atoms with Crippen molar-refractivity contribution in [2.45, 2.75) is 0 Å². The number of ether oxygens (including phenoxy) is 2. The van der Waals surface area contributed by atoms with Crippen molar-refractivity contribution in [2.24, 2.45) is 0 Å². The molecule has 0 atom stereocenters. The first kappa shape index (κ1) is 20.8. The number of methoxy groups -OCH3 is 1. The van der Waals surface area contributed by atoms with E-state index in [4.69, 9.17) is 44.9 Å². The standard InChI is InChI=1S/C17H15Cl2N3O4S/c1-25-13-2-4-14(5-3-13)26-9-15(23)21-22-17(27)20-16(24)10-6-11(18)8-12(19)7-10/h2-8H,9H2,1H3,(H,21,23)(H2,20,22,24,27). The number of amides is 2. The molecule has 0 aromatic heterocycles. The highest BCUT2D eigenvalue weighted by molar-refractivity contribution is 7.80. The minimum atomic E-state index is -0.527. The summed E-state index contributed by atoms with van der Waals surface area (Å²) in [5.41, 5.74) is 4.94. The van der Waals surface area contributed by atoms with Gasteiger partial charge in [0.15, 0.2) is 11.7 Å². The minimum Gasteiger partial charge on any atom is -0.497 e. The first-order valence-corrected chi connectivity index (χ1v) is 8.67. The fraction of sp³-hybridized carbons (Fsp3) is 0.118. The van der Waals surface area contributed by atoms with Gasteiger partial charge in [0.05, 0.1) is 7.11 Å². The van der Waals surface area contributed by atoms with Crippen molar-refractivity contribution < 1.29 is 19.1 Å². The molecule has 0 radical (unpaired) electrons. The molecule has 0 aliphatic carbocycles. The second-order valence-corrected chi connectivity index (χ2v) is 6.36. The van der Waals surface area contributed by atoms with Gasteiger partial charge in [-0.3, -0.25) is 25.8 Å². The molecule has 0 aliphatic rings. The number of hydrogen-bond acceptors (Lipinski definition) is 5. The number of carbonyl (C=O) groups is 2. The lowest BCUT2D eigenvalue weighted by Crippen LogP contribution is -2.49. The lowest BCUT2D eigenvalue weighted by Gasteiger charge is -2.12. The first-order valence-electron chi connectivity index (χ1n) is 7.50. The van der Waals surface area contributed by atoms with Crippen molar-refractivity contribution >= 4 is 52.3 Å². The molecule has 142 valence electrons. The SMILES string of the molecule is COc1ccc(OCC(=O)NNC(=S)NC(=O)c2cc(Cl)cc(Cl)c2)cc1. The highest BCUT2D eigenvalue weighted by Crippen LogP contribution is 2.19. The molecular formula is C17H15Cl2N3O4S. The zero-order chi connectivity index (χ0) is 19.8.